The second kappa shape index (κ2) is 8.93. The van der Waals surface area contributed by atoms with Crippen LogP contribution in [-0.4, -0.2) is 30.9 Å². The van der Waals surface area contributed by atoms with E-state index < -0.39 is 17.8 Å². The minimum Gasteiger partial charge on any atom is -0.441 e. The summed E-state index contributed by atoms with van der Waals surface area (Å²) in [7, 11) is 0. The predicted molar refractivity (Wildman–Crippen MR) is 123 cm³/mol. The molecular weight excluding hydrogens is 406 g/mol. The Morgan fingerprint density at radius 2 is 1.25 bits per heavy atom. The van der Waals surface area contributed by atoms with Crippen LogP contribution in [0.15, 0.2) is 82.8 Å². The van der Waals surface area contributed by atoms with Gasteiger partial charge in [0, 0.05) is 19.2 Å². The lowest BCUT2D eigenvalue weighted by Gasteiger charge is -2.33. The van der Waals surface area contributed by atoms with Crippen molar-refractivity contribution in [1.29, 1.82) is 0 Å². The maximum atomic E-state index is 13.3. The minimum atomic E-state index is -0.724. The lowest BCUT2D eigenvalue weighted by molar-refractivity contribution is -0.121. The third-order valence-electron chi connectivity index (χ3n) is 5.25. The van der Waals surface area contributed by atoms with Gasteiger partial charge < -0.3 is 9.32 Å². The number of nitrogens with zero attached hydrogens (tertiary/aromatic N) is 3. The van der Waals surface area contributed by atoms with E-state index in [1.165, 1.54) is 6.08 Å². The highest BCUT2D eigenvalue weighted by Gasteiger charge is 2.43. The van der Waals surface area contributed by atoms with Crippen LogP contribution in [0.4, 0.5) is 22.1 Å². The first-order chi connectivity index (χ1) is 15.5. The van der Waals surface area contributed by atoms with Crippen molar-refractivity contribution in [2.45, 2.75) is 13.8 Å². The van der Waals surface area contributed by atoms with Crippen LogP contribution in [0.3, 0.4) is 0 Å². The molecule has 162 valence electrons. The number of imide groups is 2. The smallest absolute Gasteiger partial charge is 0.343 e. The summed E-state index contributed by atoms with van der Waals surface area (Å²) in [6.07, 6.45) is 1.40. The van der Waals surface area contributed by atoms with Gasteiger partial charge in [0.15, 0.2) is 5.88 Å². The molecule has 7 heteroatoms. The molecule has 1 saturated heterocycles. The number of benzene rings is 2. The largest absolute Gasteiger partial charge is 0.441 e. The molecule has 1 aliphatic rings. The molecule has 4 rings (SSSR count). The number of para-hydroxylation sites is 2. The third-order valence-corrected chi connectivity index (χ3v) is 5.25. The Morgan fingerprint density at radius 1 is 0.750 bits per heavy atom. The predicted octanol–water partition coefficient (Wildman–Crippen LogP) is 4.71. The van der Waals surface area contributed by atoms with Gasteiger partial charge in [-0.15, -0.1) is 0 Å². The molecule has 1 fully saturated rings. The zero-order chi connectivity index (χ0) is 22.7. The molecule has 2 heterocycles. The average Bonchev–Trinajstić information content (AvgIpc) is 3.27. The second-order valence-electron chi connectivity index (χ2n) is 7.14. The van der Waals surface area contributed by atoms with E-state index in [1.807, 2.05) is 18.7 Å². The van der Waals surface area contributed by atoms with E-state index in [0.717, 1.165) is 22.9 Å². The number of hydrogen-bond acceptors (Lipinski definition) is 5. The molecule has 0 spiro atoms. The lowest BCUT2D eigenvalue weighted by Crippen LogP contribution is -2.57. The van der Waals surface area contributed by atoms with Crippen LogP contribution < -0.4 is 14.7 Å². The van der Waals surface area contributed by atoms with Crippen molar-refractivity contribution < 1.29 is 18.8 Å². The van der Waals surface area contributed by atoms with E-state index in [0.29, 0.717) is 23.0 Å². The molecule has 0 saturated carbocycles. The van der Waals surface area contributed by atoms with Crippen LogP contribution in [-0.2, 0) is 9.59 Å². The Labute approximate surface area is 186 Å². The number of furan rings is 1. The molecule has 0 bridgehead atoms. The first-order valence-electron chi connectivity index (χ1n) is 10.4. The number of barbiturate groups is 1. The Kier molecular flexibility index (Phi) is 5.89. The van der Waals surface area contributed by atoms with Crippen LogP contribution in [0.2, 0.25) is 0 Å². The maximum absolute atomic E-state index is 13.3. The van der Waals surface area contributed by atoms with Crippen molar-refractivity contribution in [3.05, 3.63) is 84.1 Å². The molecule has 0 N–H and O–H groups in total. The number of carbonyl (C=O) groups is 3. The highest BCUT2D eigenvalue weighted by Crippen LogP contribution is 2.30. The Bertz CT molecular complexity index is 1100. The highest BCUT2D eigenvalue weighted by atomic mass is 16.4. The van der Waals surface area contributed by atoms with Crippen LogP contribution in [0.5, 0.6) is 0 Å². The van der Waals surface area contributed by atoms with Crippen molar-refractivity contribution in [2.24, 2.45) is 0 Å². The van der Waals surface area contributed by atoms with Gasteiger partial charge in [-0.25, -0.2) is 14.6 Å². The number of amides is 4. The Hall–Kier alpha value is -4.13. The van der Waals surface area contributed by atoms with Gasteiger partial charge in [0.2, 0.25) is 0 Å². The van der Waals surface area contributed by atoms with Crippen molar-refractivity contribution in [3.63, 3.8) is 0 Å². The monoisotopic (exact) mass is 429 g/mol. The topological polar surface area (TPSA) is 74.1 Å². The first-order valence-corrected chi connectivity index (χ1v) is 10.4. The lowest BCUT2D eigenvalue weighted by atomic mass is 10.1. The van der Waals surface area contributed by atoms with Gasteiger partial charge in [-0.05, 0) is 50.3 Å². The van der Waals surface area contributed by atoms with Gasteiger partial charge in [0.25, 0.3) is 11.8 Å². The van der Waals surface area contributed by atoms with Crippen molar-refractivity contribution in [3.8, 4) is 0 Å². The fourth-order valence-electron chi connectivity index (χ4n) is 3.61. The zero-order valence-electron chi connectivity index (χ0n) is 17.9. The number of anilines is 3. The molecule has 3 aromatic rings. The van der Waals surface area contributed by atoms with E-state index >= 15 is 0 Å². The second-order valence-corrected chi connectivity index (χ2v) is 7.14. The van der Waals surface area contributed by atoms with Gasteiger partial charge in [-0.3, -0.25) is 9.59 Å². The fourth-order valence-corrected chi connectivity index (χ4v) is 3.61. The van der Waals surface area contributed by atoms with Crippen molar-refractivity contribution >= 4 is 41.2 Å². The van der Waals surface area contributed by atoms with Gasteiger partial charge in [-0.2, -0.15) is 0 Å². The summed E-state index contributed by atoms with van der Waals surface area (Å²) in [5.41, 5.74) is 0.605. The normalized spacial score (nSPS) is 14.2. The summed E-state index contributed by atoms with van der Waals surface area (Å²) < 4.78 is 5.86. The van der Waals surface area contributed by atoms with Gasteiger partial charge >= 0.3 is 6.03 Å². The SMILES string of the molecule is CCN(CC)c1ccc(C=C2C(=O)N(c3ccccc3)C(=O)N(c3ccccc3)C2=O)o1. The molecule has 32 heavy (non-hydrogen) atoms. The first kappa shape index (κ1) is 21.1. The van der Waals surface area contributed by atoms with Gasteiger partial charge in [-0.1, -0.05) is 36.4 Å². The molecule has 0 unspecified atom stereocenters. The average molecular weight is 429 g/mol. The number of rotatable bonds is 6. The van der Waals surface area contributed by atoms with Crippen molar-refractivity contribution in [2.75, 3.05) is 27.8 Å². The molecule has 7 nitrogen and oxygen atoms in total. The quantitative estimate of drug-likeness (QED) is 0.419. The van der Waals surface area contributed by atoms with Gasteiger partial charge in [0.05, 0.1) is 11.4 Å². The van der Waals surface area contributed by atoms with E-state index in [-0.39, 0.29) is 5.57 Å². The van der Waals surface area contributed by atoms with E-state index in [9.17, 15) is 14.4 Å². The third kappa shape index (κ3) is 3.80. The molecule has 4 amide bonds. The van der Waals surface area contributed by atoms with Crippen LogP contribution in [0.25, 0.3) is 6.08 Å². The molecule has 0 atom stereocenters. The molecule has 2 aromatic carbocycles. The molecule has 1 aromatic heterocycles. The number of carbonyl (C=O) groups excluding carboxylic acids is 3. The molecule has 0 aliphatic carbocycles. The summed E-state index contributed by atoms with van der Waals surface area (Å²) in [5.74, 6) is -0.384. The zero-order valence-corrected chi connectivity index (χ0v) is 17.9. The Morgan fingerprint density at radius 3 is 1.72 bits per heavy atom. The number of hydrogen-bond donors (Lipinski definition) is 0. The summed E-state index contributed by atoms with van der Waals surface area (Å²) >= 11 is 0. The minimum absolute atomic E-state index is 0.155. The fraction of sp³-hybridized carbons (Fsp3) is 0.160. The number of urea groups is 1. The summed E-state index contributed by atoms with van der Waals surface area (Å²) in [4.78, 5) is 43.9. The van der Waals surface area contributed by atoms with Crippen LogP contribution in [0.1, 0.15) is 19.6 Å². The van der Waals surface area contributed by atoms with Gasteiger partial charge in [0.1, 0.15) is 11.3 Å². The van der Waals surface area contributed by atoms with E-state index in [4.69, 9.17) is 4.42 Å². The summed E-state index contributed by atoms with van der Waals surface area (Å²) in [5, 5.41) is 0. The van der Waals surface area contributed by atoms with E-state index in [1.54, 1.807) is 72.8 Å². The standard InChI is InChI=1S/C25H23N3O4/c1-3-26(4-2)22-16-15-20(32-22)17-21-23(29)27(18-11-7-5-8-12-18)25(31)28(24(21)30)19-13-9-6-10-14-19/h5-17H,3-4H2,1-2H3. The van der Waals surface area contributed by atoms with E-state index in [2.05, 4.69) is 0 Å². The molecule has 1 aliphatic heterocycles. The summed E-state index contributed by atoms with van der Waals surface area (Å²) in [6.45, 7) is 5.55. The highest BCUT2D eigenvalue weighted by molar-refractivity contribution is 6.46. The Balaban J connectivity index is 1.80. The molecule has 0 radical (unpaired) electrons. The van der Waals surface area contributed by atoms with Crippen molar-refractivity contribution in [1.82, 2.24) is 0 Å². The summed E-state index contributed by atoms with van der Waals surface area (Å²) in [6, 6.07) is 19.9. The van der Waals surface area contributed by atoms with Crippen LogP contribution in [0, 0.1) is 0 Å². The molecular formula is C25H23N3O4. The van der Waals surface area contributed by atoms with Crippen LogP contribution >= 0.6 is 0 Å². The maximum Gasteiger partial charge on any atom is 0.343 e.